The normalized spacial score (nSPS) is 23.1. The molecule has 1 aliphatic rings. The van der Waals surface area contributed by atoms with Crippen molar-refractivity contribution in [1.29, 1.82) is 0 Å². The van der Waals surface area contributed by atoms with Crippen molar-refractivity contribution in [3.63, 3.8) is 0 Å². The lowest BCUT2D eigenvalue weighted by atomic mass is 9.99. The van der Waals surface area contributed by atoms with Crippen LogP contribution in [0.2, 0.25) is 0 Å². The molecule has 0 saturated carbocycles. The predicted molar refractivity (Wildman–Crippen MR) is 76.3 cm³/mol. The summed E-state index contributed by atoms with van der Waals surface area (Å²) in [5.74, 6) is 0.621. The van der Waals surface area contributed by atoms with Gasteiger partial charge in [0.25, 0.3) is 5.69 Å². The second-order valence-corrected chi connectivity index (χ2v) is 8.21. The van der Waals surface area contributed by atoms with Gasteiger partial charge in [0.05, 0.1) is 16.4 Å². The third-order valence-corrected chi connectivity index (χ3v) is 6.22. The number of nitrogens with zero attached hydrogens (tertiary/aromatic N) is 1. The molecule has 0 bridgehead atoms. The fourth-order valence-corrected chi connectivity index (χ4v) is 5.21. The van der Waals surface area contributed by atoms with Gasteiger partial charge in [-0.2, -0.15) is 0 Å². The first kappa shape index (κ1) is 14.5. The molecule has 5 nitrogen and oxygen atoms in total. The van der Waals surface area contributed by atoms with Gasteiger partial charge in [0.15, 0.2) is 9.84 Å². The van der Waals surface area contributed by atoms with Crippen LogP contribution in [0.25, 0.3) is 0 Å². The molecular formula is C12H14BrNO4S. The maximum atomic E-state index is 11.4. The third-order valence-electron chi connectivity index (χ3n) is 3.36. The molecule has 0 amide bonds. The number of nitro groups is 1. The fourth-order valence-electron chi connectivity index (χ4n) is 2.25. The van der Waals surface area contributed by atoms with Gasteiger partial charge in [-0.05, 0) is 24.3 Å². The van der Waals surface area contributed by atoms with Gasteiger partial charge < -0.3 is 0 Å². The van der Waals surface area contributed by atoms with Crippen LogP contribution in [0.3, 0.4) is 0 Å². The minimum atomic E-state index is -2.87. The number of halogens is 1. The Bertz CT molecular complexity index is 570. The molecular weight excluding hydrogens is 334 g/mol. The first-order valence-electron chi connectivity index (χ1n) is 5.95. The van der Waals surface area contributed by atoms with E-state index in [1.807, 2.05) is 0 Å². The highest BCUT2D eigenvalue weighted by atomic mass is 79.9. The molecule has 1 heterocycles. The van der Waals surface area contributed by atoms with Crippen LogP contribution in [0, 0.1) is 16.0 Å². The molecule has 19 heavy (non-hydrogen) atoms. The molecule has 0 N–H and O–H groups in total. The maximum absolute atomic E-state index is 11.4. The Labute approximate surface area is 120 Å². The Morgan fingerprint density at radius 3 is 2.47 bits per heavy atom. The zero-order valence-corrected chi connectivity index (χ0v) is 12.6. The van der Waals surface area contributed by atoms with E-state index in [9.17, 15) is 18.5 Å². The van der Waals surface area contributed by atoms with E-state index in [2.05, 4.69) is 15.9 Å². The van der Waals surface area contributed by atoms with E-state index in [1.54, 1.807) is 12.1 Å². The average molecular weight is 348 g/mol. The standard InChI is InChI=1S/C12H14BrNO4S/c13-12(10-5-6-19(17,18)8-10)7-9-1-3-11(4-2-9)14(15)16/h1-4,10,12H,5-8H2. The zero-order chi connectivity index (χ0) is 14.0. The Kier molecular flexibility index (Phi) is 4.25. The zero-order valence-electron chi connectivity index (χ0n) is 10.2. The Hall–Kier alpha value is -0.950. The monoisotopic (exact) mass is 347 g/mol. The lowest BCUT2D eigenvalue weighted by Crippen LogP contribution is -2.18. The number of nitro benzene ring substituents is 1. The number of alkyl halides is 1. The van der Waals surface area contributed by atoms with Crippen molar-refractivity contribution in [2.45, 2.75) is 17.7 Å². The molecule has 0 aromatic heterocycles. The van der Waals surface area contributed by atoms with Crippen LogP contribution in [0.4, 0.5) is 5.69 Å². The van der Waals surface area contributed by atoms with E-state index >= 15 is 0 Å². The molecule has 0 spiro atoms. The van der Waals surface area contributed by atoms with E-state index in [0.29, 0.717) is 12.8 Å². The number of hydrogen-bond acceptors (Lipinski definition) is 4. The van der Waals surface area contributed by atoms with E-state index in [1.165, 1.54) is 12.1 Å². The van der Waals surface area contributed by atoms with Crippen LogP contribution < -0.4 is 0 Å². The first-order valence-corrected chi connectivity index (χ1v) is 8.69. The molecule has 7 heteroatoms. The summed E-state index contributed by atoms with van der Waals surface area (Å²) in [6.45, 7) is 0. The van der Waals surface area contributed by atoms with Gasteiger partial charge >= 0.3 is 0 Å². The van der Waals surface area contributed by atoms with Crippen LogP contribution in [0.5, 0.6) is 0 Å². The molecule has 1 aliphatic heterocycles. The highest BCUT2D eigenvalue weighted by Crippen LogP contribution is 2.29. The summed E-state index contributed by atoms with van der Waals surface area (Å²) < 4.78 is 22.8. The average Bonchev–Trinajstić information content (AvgIpc) is 2.70. The van der Waals surface area contributed by atoms with E-state index in [4.69, 9.17) is 0 Å². The van der Waals surface area contributed by atoms with Crippen LogP contribution in [0.1, 0.15) is 12.0 Å². The smallest absolute Gasteiger partial charge is 0.258 e. The molecule has 2 rings (SSSR count). The number of non-ortho nitro benzene ring substituents is 1. The van der Waals surface area contributed by atoms with Gasteiger partial charge in [-0.3, -0.25) is 10.1 Å². The topological polar surface area (TPSA) is 77.3 Å². The largest absolute Gasteiger partial charge is 0.269 e. The molecule has 0 aliphatic carbocycles. The van der Waals surface area contributed by atoms with Crippen molar-refractivity contribution in [3.05, 3.63) is 39.9 Å². The van der Waals surface area contributed by atoms with Gasteiger partial charge in [-0.1, -0.05) is 28.1 Å². The Balaban J connectivity index is 1.99. The summed E-state index contributed by atoms with van der Waals surface area (Å²) in [7, 11) is -2.87. The lowest BCUT2D eigenvalue weighted by Gasteiger charge is -2.15. The number of rotatable bonds is 4. The molecule has 0 radical (unpaired) electrons. The minimum Gasteiger partial charge on any atom is -0.258 e. The molecule has 2 unspecified atom stereocenters. The predicted octanol–water partition coefficient (Wildman–Crippen LogP) is 2.34. The van der Waals surface area contributed by atoms with Crippen LogP contribution >= 0.6 is 15.9 Å². The van der Waals surface area contributed by atoms with Crippen molar-refractivity contribution in [3.8, 4) is 0 Å². The fraction of sp³-hybridized carbons (Fsp3) is 0.500. The van der Waals surface area contributed by atoms with E-state index in [0.717, 1.165) is 5.56 Å². The molecule has 1 aromatic carbocycles. The van der Waals surface area contributed by atoms with Gasteiger partial charge in [-0.15, -0.1) is 0 Å². The summed E-state index contributed by atoms with van der Waals surface area (Å²) in [6, 6.07) is 6.38. The van der Waals surface area contributed by atoms with Crippen LogP contribution in [-0.2, 0) is 16.3 Å². The van der Waals surface area contributed by atoms with Crippen molar-refractivity contribution in [2.75, 3.05) is 11.5 Å². The number of hydrogen-bond donors (Lipinski definition) is 0. The van der Waals surface area contributed by atoms with E-state index < -0.39 is 14.8 Å². The van der Waals surface area contributed by atoms with Gasteiger partial charge in [0, 0.05) is 17.0 Å². The maximum Gasteiger partial charge on any atom is 0.269 e. The van der Waals surface area contributed by atoms with Gasteiger partial charge in [-0.25, -0.2) is 8.42 Å². The summed E-state index contributed by atoms with van der Waals surface area (Å²) in [6.07, 6.45) is 1.36. The Morgan fingerprint density at radius 1 is 1.37 bits per heavy atom. The minimum absolute atomic E-state index is 0.0679. The summed E-state index contributed by atoms with van der Waals surface area (Å²) in [4.78, 5) is 10.2. The summed E-state index contributed by atoms with van der Waals surface area (Å²) in [5, 5.41) is 10.5. The second kappa shape index (κ2) is 5.58. The molecule has 104 valence electrons. The Morgan fingerprint density at radius 2 is 2.00 bits per heavy atom. The van der Waals surface area contributed by atoms with Crippen LogP contribution in [-0.4, -0.2) is 29.7 Å². The van der Waals surface area contributed by atoms with Crippen molar-refractivity contribution in [1.82, 2.24) is 0 Å². The van der Waals surface area contributed by atoms with Crippen molar-refractivity contribution in [2.24, 2.45) is 5.92 Å². The molecule has 1 aromatic rings. The van der Waals surface area contributed by atoms with Crippen LogP contribution in [0.15, 0.2) is 24.3 Å². The summed E-state index contributed by atoms with van der Waals surface area (Å²) >= 11 is 3.54. The SMILES string of the molecule is O=[N+]([O-])c1ccc(CC(Br)C2CCS(=O)(=O)C2)cc1. The number of sulfone groups is 1. The van der Waals surface area contributed by atoms with Crippen molar-refractivity contribution >= 4 is 31.5 Å². The quantitative estimate of drug-likeness (QED) is 0.475. The third kappa shape index (κ3) is 3.76. The molecule has 1 fully saturated rings. The van der Waals surface area contributed by atoms with Crippen molar-refractivity contribution < 1.29 is 13.3 Å². The lowest BCUT2D eigenvalue weighted by molar-refractivity contribution is -0.384. The highest BCUT2D eigenvalue weighted by molar-refractivity contribution is 9.09. The number of benzene rings is 1. The van der Waals surface area contributed by atoms with Gasteiger partial charge in [0.1, 0.15) is 0 Å². The van der Waals surface area contributed by atoms with E-state index in [-0.39, 0.29) is 27.9 Å². The van der Waals surface area contributed by atoms with Gasteiger partial charge in [0.2, 0.25) is 0 Å². The highest BCUT2D eigenvalue weighted by Gasteiger charge is 2.32. The summed E-state index contributed by atoms with van der Waals surface area (Å²) in [5.41, 5.74) is 1.04. The first-order chi connectivity index (χ1) is 8.87. The molecule has 2 atom stereocenters. The second-order valence-electron chi connectivity index (χ2n) is 4.81. The molecule has 1 saturated heterocycles.